The second kappa shape index (κ2) is 5.05. The summed E-state index contributed by atoms with van der Waals surface area (Å²) in [6.07, 6.45) is 0.904. The van der Waals surface area contributed by atoms with Gasteiger partial charge in [0.25, 0.3) is 0 Å². The Morgan fingerprint density at radius 3 is 2.79 bits per heavy atom. The molecule has 1 aliphatic carbocycles. The predicted molar refractivity (Wildman–Crippen MR) is 78.6 cm³/mol. The molecule has 0 aromatic rings. The topological polar surface area (TPSA) is 91.4 Å². The Labute approximate surface area is 139 Å². The minimum atomic E-state index is -0.684. The SMILES string of the molecule is CC(=O)O[C@@H]1C[C@@H]2O[C@]2(C)C[C@@H]2OC(=O)[C@H](C)[C@H]2[C@H]2C=C1C(=O)O2. The molecular formula is C17H20O7. The monoisotopic (exact) mass is 336 g/mol. The van der Waals surface area contributed by atoms with Crippen LogP contribution in [0.1, 0.15) is 33.6 Å². The number of epoxide rings is 1. The van der Waals surface area contributed by atoms with Crippen LogP contribution in [0.15, 0.2) is 11.6 Å². The van der Waals surface area contributed by atoms with Crippen molar-refractivity contribution in [1.82, 2.24) is 0 Å². The average molecular weight is 336 g/mol. The third-order valence-corrected chi connectivity index (χ3v) is 5.57. The summed E-state index contributed by atoms with van der Waals surface area (Å²) in [5, 5.41) is 0. The first kappa shape index (κ1) is 15.6. The van der Waals surface area contributed by atoms with Gasteiger partial charge >= 0.3 is 17.9 Å². The van der Waals surface area contributed by atoms with Crippen molar-refractivity contribution < 1.29 is 33.3 Å². The zero-order valence-electron chi connectivity index (χ0n) is 13.8. The molecule has 4 aliphatic rings. The average Bonchev–Trinajstić information content (AvgIpc) is 2.80. The number of fused-ring (bicyclic) bond motifs is 4. The van der Waals surface area contributed by atoms with E-state index in [4.69, 9.17) is 18.9 Å². The van der Waals surface area contributed by atoms with E-state index in [2.05, 4.69) is 0 Å². The fourth-order valence-electron chi connectivity index (χ4n) is 4.19. The number of hydrogen-bond acceptors (Lipinski definition) is 7. The van der Waals surface area contributed by atoms with E-state index in [-0.39, 0.29) is 30.0 Å². The molecule has 3 heterocycles. The molecule has 7 nitrogen and oxygen atoms in total. The Morgan fingerprint density at radius 1 is 1.33 bits per heavy atom. The first-order valence-corrected chi connectivity index (χ1v) is 8.27. The Balaban J connectivity index is 1.72. The van der Waals surface area contributed by atoms with Crippen molar-refractivity contribution in [2.45, 2.75) is 63.6 Å². The molecule has 0 saturated carbocycles. The van der Waals surface area contributed by atoms with Crippen LogP contribution < -0.4 is 0 Å². The molecule has 4 rings (SSSR count). The molecule has 0 unspecified atom stereocenters. The van der Waals surface area contributed by atoms with Gasteiger partial charge in [0.2, 0.25) is 0 Å². The van der Waals surface area contributed by atoms with Crippen molar-refractivity contribution >= 4 is 17.9 Å². The van der Waals surface area contributed by atoms with Crippen molar-refractivity contribution in [1.29, 1.82) is 0 Å². The van der Waals surface area contributed by atoms with Crippen molar-refractivity contribution in [2.24, 2.45) is 11.8 Å². The number of carbonyl (C=O) groups is 3. The Kier molecular flexibility index (Phi) is 3.29. The molecule has 24 heavy (non-hydrogen) atoms. The van der Waals surface area contributed by atoms with Crippen molar-refractivity contribution in [2.75, 3.05) is 0 Å². The number of esters is 3. The van der Waals surface area contributed by atoms with Crippen LogP contribution in [0.2, 0.25) is 0 Å². The van der Waals surface area contributed by atoms with E-state index in [1.54, 1.807) is 13.0 Å². The summed E-state index contributed by atoms with van der Waals surface area (Å²) in [6, 6.07) is 0. The zero-order valence-corrected chi connectivity index (χ0v) is 13.8. The van der Waals surface area contributed by atoms with E-state index < -0.39 is 29.7 Å². The molecule has 2 saturated heterocycles. The standard InChI is InChI=1S/C17H20O7/c1-7-14-11-4-9(16(20)22-11)10(21-8(2)18)5-13-17(3,24-13)6-12(14)23-15(7)19/h4,7,10-14H,5-6H2,1-3H3/t7-,10-,11-,12+,13+,14+,17-/m1/s1. The first-order chi connectivity index (χ1) is 11.3. The fraction of sp³-hybridized carbons (Fsp3) is 0.706. The Hall–Kier alpha value is -1.89. The summed E-state index contributed by atoms with van der Waals surface area (Å²) < 4.78 is 22.2. The van der Waals surface area contributed by atoms with Gasteiger partial charge in [0.15, 0.2) is 0 Å². The van der Waals surface area contributed by atoms with Crippen LogP contribution in [-0.4, -0.2) is 47.9 Å². The molecule has 0 aromatic carbocycles. The highest BCUT2D eigenvalue weighted by molar-refractivity contribution is 5.92. The van der Waals surface area contributed by atoms with E-state index in [9.17, 15) is 14.4 Å². The maximum Gasteiger partial charge on any atom is 0.338 e. The highest BCUT2D eigenvalue weighted by Gasteiger charge is 2.60. The van der Waals surface area contributed by atoms with Gasteiger partial charge in [-0.25, -0.2) is 4.79 Å². The van der Waals surface area contributed by atoms with E-state index >= 15 is 0 Å². The molecule has 130 valence electrons. The summed E-state index contributed by atoms with van der Waals surface area (Å²) in [6.45, 7) is 5.05. The van der Waals surface area contributed by atoms with Gasteiger partial charge < -0.3 is 18.9 Å². The molecule has 7 heteroatoms. The van der Waals surface area contributed by atoms with Gasteiger partial charge in [0.05, 0.1) is 23.2 Å². The van der Waals surface area contributed by atoms with Gasteiger partial charge in [0.1, 0.15) is 18.3 Å². The van der Waals surface area contributed by atoms with Crippen LogP contribution >= 0.6 is 0 Å². The van der Waals surface area contributed by atoms with E-state index in [0.29, 0.717) is 18.4 Å². The third kappa shape index (κ3) is 2.33. The minimum absolute atomic E-state index is 0.150. The quantitative estimate of drug-likeness (QED) is 0.399. The van der Waals surface area contributed by atoms with Gasteiger partial charge in [0, 0.05) is 25.7 Å². The Bertz CT molecular complexity index is 653. The maximum atomic E-state index is 12.3. The largest absolute Gasteiger partial charge is 0.462 e. The van der Waals surface area contributed by atoms with Crippen molar-refractivity contribution in [3.05, 3.63) is 11.6 Å². The highest BCUT2D eigenvalue weighted by Crippen LogP contribution is 2.50. The lowest BCUT2D eigenvalue weighted by Crippen LogP contribution is -2.35. The van der Waals surface area contributed by atoms with E-state index in [1.165, 1.54) is 6.92 Å². The Morgan fingerprint density at radius 2 is 2.08 bits per heavy atom. The third-order valence-electron chi connectivity index (χ3n) is 5.57. The van der Waals surface area contributed by atoms with E-state index in [0.717, 1.165) is 0 Å². The highest BCUT2D eigenvalue weighted by atomic mass is 16.6. The predicted octanol–water partition coefficient (Wildman–Crippen LogP) is 0.899. The van der Waals surface area contributed by atoms with E-state index in [1.807, 2.05) is 6.92 Å². The summed E-state index contributed by atoms with van der Waals surface area (Å²) >= 11 is 0. The van der Waals surface area contributed by atoms with Crippen molar-refractivity contribution in [3.8, 4) is 0 Å². The second-order valence-corrected chi connectivity index (χ2v) is 7.29. The molecule has 0 radical (unpaired) electrons. The minimum Gasteiger partial charge on any atom is -0.462 e. The molecular weight excluding hydrogens is 316 g/mol. The van der Waals surface area contributed by atoms with Gasteiger partial charge in [-0.2, -0.15) is 0 Å². The van der Waals surface area contributed by atoms with Crippen LogP contribution in [0.3, 0.4) is 0 Å². The van der Waals surface area contributed by atoms with Crippen LogP contribution in [-0.2, 0) is 33.3 Å². The first-order valence-electron chi connectivity index (χ1n) is 8.27. The van der Waals surface area contributed by atoms with Crippen LogP contribution in [0.4, 0.5) is 0 Å². The number of ether oxygens (including phenoxy) is 4. The number of rotatable bonds is 1. The smallest absolute Gasteiger partial charge is 0.338 e. The van der Waals surface area contributed by atoms with Crippen LogP contribution in [0.25, 0.3) is 0 Å². The zero-order chi connectivity index (χ0) is 17.2. The summed E-state index contributed by atoms with van der Waals surface area (Å²) in [5.41, 5.74) is -0.105. The normalized spacial score (nSPS) is 46.2. The van der Waals surface area contributed by atoms with Gasteiger partial charge in [-0.1, -0.05) is 6.92 Å². The van der Waals surface area contributed by atoms with Crippen LogP contribution in [0, 0.1) is 11.8 Å². The van der Waals surface area contributed by atoms with Gasteiger partial charge in [-0.3, -0.25) is 9.59 Å². The lowest BCUT2D eigenvalue weighted by atomic mass is 9.81. The van der Waals surface area contributed by atoms with Gasteiger partial charge in [-0.15, -0.1) is 0 Å². The van der Waals surface area contributed by atoms with Gasteiger partial charge in [-0.05, 0) is 13.0 Å². The molecule has 0 aromatic heterocycles. The fourth-order valence-corrected chi connectivity index (χ4v) is 4.19. The lowest BCUT2D eigenvalue weighted by Gasteiger charge is -2.25. The molecule has 0 spiro atoms. The molecule has 0 N–H and O–H groups in total. The molecule has 3 aliphatic heterocycles. The number of hydrogen-bond donors (Lipinski definition) is 0. The second-order valence-electron chi connectivity index (χ2n) is 7.29. The molecule has 2 fully saturated rings. The molecule has 7 atom stereocenters. The van der Waals surface area contributed by atoms with Crippen molar-refractivity contribution in [3.63, 3.8) is 0 Å². The summed E-state index contributed by atoms with van der Waals surface area (Å²) in [7, 11) is 0. The number of carbonyl (C=O) groups excluding carboxylic acids is 3. The summed E-state index contributed by atoms with van der Waals surface area (Å²) in [4.78, 5) is 35.8. The maximum absolute atomic E-state index is 12.3. The summed E-state index contributed by atoms with van der Waals surface area (Å²) in [5.74, 6) is -1.85. The van der Waals surface area contributed by atoms with Crippen LogP contribution in [0.5, 0.6) is 0 Å². The molecule has 0 amide bonds. The molecule has 2 bridgehead atoms. The lowest BCUT2D eigenvalue weighted by molar-refractivity contribution is -0.148.